The standard InChI is InChI=1S/C42H54N2O3/c1-3-5-7-9-11-13-15-17-27-45-39-25-23-33-29-37(21-19-35(33)31-39)41-43-44-42(47-41)38-22-20-36-32-40(26-24-34(36)30-38)46-28-18-16-14-12-10-8-6-4-2/h19-26,29-32H,3-18,27-28H2,1-2H3. The topological polar surface area (TPSA) is 57.4 Å². The van der Waals surface area contributed by atoms with Gasteiger partial charge in [-0.05, 0) is 82.9 Å². The molecule has 0 N–H and O–H groups in total. The van der Waals surface area contributed by atoms with Crippen molar-refractivity contribution in [2.45, 2.75) is 117 Å². The Hall–Kier alpha value is -3.86. The van der Waals surface area contributed by atoms with Gasteiger partial charge in [0.2, 0.25) is 11.8 Å². The van der Waals surface area contributed by atoms with Crippen molar-refractivity contribution in [1.82, 2.24) is 10.2 Å². The first-order chi connectivity index (χ1) is 23.2. The lowest BCUT2D eigenvalue weighted by Gasteiger charge is -2.08. The summed E-state index contributed by atoms with van der Waals surface area (Å²) in [6.45, 7) is 6.07. The van der Waals surface area contributed by atoms with E-state index in [2.05, 4.69) is 84.7 Å². The van der Waals surface area contributed by atoms with Crippen LogP contribution in [-0.2, 0) is 0 Å². The van der Waals surface area contributed by atoms with E-state index in [9.17, 15) is 0 Å². The summed E-state index contributed by atoms with van der Waals surface area (Å²) in [6.07, 6.45) is 20.8. The molecule has 1 aromatic heterocycles. The molecule has 0 fully saturated rings. The summed E-state index contributed by atoms with van der Waals surface area (Å²) < 4.78 is 18.3. The Labute approximate surface area is 282 Å². The van der Waals surface area contributed by atoms with E-state index in [1.807, 2.05) is 12.1 Å². The fourth-order valence-electron chi connectivity index (χ4n) is 6.20. The van der Waals surface area contributed by atoms with Crippen LogP contribution in [0.2, 0.25) is 0 Å². The second-order valence-corrected chi connectivity index (χ2v) is 13.0. The summed E-state index contributed by atoms with van der Waals surface area (Å²) in [5, 5.41) is 13.3. The molecule has 0 saturated carbocycles. The summed E-state index contributed by atoms with van der Waals surface area (Å²) >= 11 is 0. The lowest BCUT2D eigenvalue weighted by Crippen LogP contribution is -1.97. The first-order valence-electron chi connectivity index (χ1n) is 18.4. The number of unbranched alkanes of at least 4 members (excludes halogenated alkanes) is 14. The largest absolute Gasteiger partial charge is 0.494 e. The van der Waals surface area contributed by atoms with Gasteiger partial charge in [-0.2, -0.15) is 0 Å². The highest BCUT2D eigenvalue weighted by atomic mass is 16.5. The highest BCUT2D eigenvalue weighted by Crippen LogP contribution is 2.31. The van der Waals surface area contributed by atoms with Gasteiger partial charge in [0.25, 0.3) is 0 Å². The molecular formula is C42H54N2O3. The van der Waals surface area contributed by atoms with Crippen molar-refractivity contribution < 1.29 is 13.9 Å². The Bertz CT molecular complexity index is 1520. The summed E-state index contributed by atoms with van der Waals surface area (Å²) in [5.74, 6) is 2.88. The van der Waals surface area contributed by atoms with Gasteiger partial charge in [0.15, 0.2) is 0 Å². The first kappa shape index (κ1) is 34.5. The summed E-state index contributed by atoms with van der Waals surface area (Å²) in [7, 11) is 0. The predicted octanol–water partition coefficient (Wildman–Crippen LogP) is 12.7. The molecule has 0 spiro atoms. The van der Waals surface area contributed by atoms with E-state index in [-0.39, 0.29) is 0 Å². The molecule has 1 heterocycles. The van der Waals surface area contributed by atoms with E-state index in [0.29, 0.717) is 11.8 Å². The minimum Gasteiger partial charge on any atom is -0.494 e. The van der Waals surface area contributed by atoms with Crippen molar-refractivity contribution in [2.75, 3.05) is 13.2 Å². The Balaban J connectivity index is 1.10. The van der Waals surface area contributed by atoms with E-state index in [0.717, 1.165) is 70.2 Å². The summed E-state index contributed by atoms with van der Waals surface area (Å²) in [6, 6.07) is 25.0. The monoisotopic (exact) mass is 634 g/mol. The molecule has 47 heavy (non-hydrogen) atoms. The molecule has 250 valence electrons. The molecule has 0 aliphatic carbocycles. The van der Waals surface area contributed by atoms with Crippen molar-refractivity contribution in [1.29, 1.82) is 0 Å². The maximum absolute atomic E-state index is 6.15. The number of rotatable bonds is 22. The second kappa shape index (κ2) is 19.1. The zero-order chi connectivity index (χ0) is 32.5. The molecule has 0 unspecified atom stereocenters. The van der Waals surface area contributed by atoms with Crippen LogP contribution in [0.25, 0.3) is 44.5 Å². The van der Waals surface area contributed by atoms with Crippen LogP contribution in [0.1, 0.15) is 117 Å². The van der Waals surface area contributed by atoms with E-state index in [1.54, 1.807) is 0 Å². The normalized spacial score (nSPS) is 11.4. The van der Waals surface area contributed by atoms with Crippen LogP contribution in [0.4, 0.5) is 0 Å². The lowest BCUT2D eigenvalue weighted by molar-refractivity contribution is 0.304. The van der Waals surface area contributed by atoms with Crippen molar-refractivity contribution in [3.05, 3.63) is 72.8 Å². The average molecular weight is 635 g/mol. The Morgan fingerprint density at radius 1 is 0.426 bits per heavy atom. The van der Waals surface area contributed by atoms with Crippen molar-refractivity contribution >= 4 is 21.5 Å². The third-order valence-corrected chi connectivity index (χ3v) is 9.08. The number of ether oxygens (including phenoxy) is 2. The summed E-state index contributed by atoms with van der Waals surface area (Å²) in [4.78, 5) is 0. The van der Waals surface area contributed by atoms with Gasteiger partial charge in [0.05, 0.1) is 13.2 Å². The molecule has 5 heteroatoms. The first-order valence-corrected chi connectivity index (χ1v) is 18.4. The number of aromatic nitrogens is 2. The van der Waals surface area contributed by atoms with Crippen molar-refractivity contribution in [3.8, 4) is 34.4 Å². The van der Waals surface area contributed by atoms with Crippen LogP contribution in [0.5, 0.6) is 11.5 Å². The highest BCUT2D eigenvalue weighted by Gasteiger charge is 2.12. The van der Waals surface area contributed by atoms with Gasteiger partial charge < -0.3 is 13.9 Å². The predicted molar refractivity (Wildman–Crippen MR) is 196 cm³/mol. The molecule has 0 aliphatic rings. The van der Waals surface area contributed by atoms with E-state index < -0.39 is 0 Å². The van der Waals surface area contributed by atoms with Crippen molar-refractivity contribution in [3.63, 3.8) is 0 Å². The minimum absolute atomic E-state index is 0.515. The molecule has 5 nitrogen and oxygen atoms in total. The minimum atomic E-state index is 0.515. The third kappa shape index (κ3) is 10.8. The quantitative estimate of drug-likeness (QED) is 0.0709. The van der Waals surface area contributed by atoms with Gasteiger partial charge in [-0.25, -0.2) is 0 Å². The maximum atomic E-state index is 6.15. The second-order valence-electron chi connectivity index (χ2n) is 13.0. The SMILES string of the molecule is CCCCCCCCCCOc1ccc2cc(-c3nnc(-c4ccc5cc(OCCCCCCCCCC)ccc5c4)o3)ccc2c1. The van der Waals surface area contributed by atoms with E-state index >= 15 is 0 Å². The molecule has 0 aliphatic heterocycles. The number of fused-ring (bicyclic) bond motifs is 2. The molecule has 0 amide bonds. The fourth-order valence-corrected chi connectivity index (χ4v) is 6.20. The fraction of sp³-hybridized carbons (Fsp3) is 0.476. The Kier molecular flexibility index (Phi) is 14.0. The van der Waals surface area contributed by atoms with Gasteiger partial charge in [-0.3, -0.25) is 0 Å². The number of hydrogen-bond acceptors (Lipinski definition) is 5. The average Bonchev–Trinajstić information content (AvgIpc) is 3.60. The molecule has 0 saturated heterocycles. The lowest BCUT2D eigenvalue weighted by atomic mass is 10.1. The number of benzene rings is 4. The van der Waals surface area contributed by atoms with Crippen LogP contribution in [0, 0.1) is 0 Å². The molecule has 0 atom stereocenters. The van der Waals surface area contributed by atoms with Gasteiger partial charge in [-0.1, -0.05) is 128 Å². The number of hydrogen-bond donors (Lipinski definition) is 0. The van der Waals surface area contributed by atoms with Crippen LogP contribution in [0.15, 0.2) is 77.2 Å². The van der Waals surface area contributed by atoms with Crippen LogP contribution >= 0.6 is 0 Å². The number of nitrogens with zero attached hydrogens (tertiary/aromatic N) is 2. The van der Waals surface area contributed by atoms with Crippen LogP contribution in [-0.4, -0.2) is 23.4 Å². The smallest absolute Gasteiger partial charge is 0.248 e. The molecule has 5 aromatic rings. The molecule has 0 bridgehead atoms. The summed E-state index contributed by atoms with van der Waals surface area (Å²) in [5.41, 5.74) is 1.81. The van der Waals surface area contributed by atoms with Crippen LogP contribution < -0.4 is 9.47 Å². The highest BCUT2D eigenvalue weighted by molar-refractivity contribution is 5.88. The van der Waals surface area contributed by atoms with E-state index in [4.69, 9.17) is 13.9 Å². The van der Waals surface area contributed by atoms with Gasteiger partial charge in [0.1, 0.15) is 11.5 Å². The maximum Gasteiger partial charge on any atom is 0.248 e. The zero-order valence-electron chi connectivity index (χ0n) is 28.8. The Morgan fingerprint density at radius 3 is 1.21 bits per heavy atom. The third-order valence-electron chi connectivity index (χ3n) is 9.08. The molecular weight excluding hydrogens is 580 g/mol. The van der Waals surface area contributed by atoms with Gasteiger partial charge in [0, 0.05) is 11.1 Å². The molecule has 5 rings (SSSR count). The van der Waals surface area contributed by atoms with Crippen molar-refractivity contribution in [2.24, 2.45) is 0 Å². The zero-order valence-corrected chi connectivity index (χ0v) is 28.8. The van der Waals surface area contributed by atoms with Gasteiger partial charge in [-0.15, -0.1) is 10.2 Å². The molecule has 4 aromatic carbocycles. The van der Waals surface area contributed by atoms with Gasteiger partial charge >= 0.3 is 0 Å². The Morgan fingerprint density at radius 2 is 0.787 bits per heavy atom. The van der Waals surface area contributed by atoms with E-state index in [1.165, 1.54) is 89.9 Å². The van der Waals surface area contributed by atoms with Crippen LogP contribution in [0.3, 0.4) is 0 Å². The molecule has 0 radical (unpaired) electrons.